The molecule has 1 aliphatic rings. The van der Waals surface area contributed by atoms with Crippen LogP contribution in [0.4, 0.5) is 0 Å². The second kappa shape index (κ2) is 13.1. The summed E-state index contributed by atoms with van der Waals surface area (Å²) in [4.78, 5) is 0. The van der Waals surface area contributed by atoms with E-state index in [1.165, 1.54) is 17.5 Å². The van der Waals surface area contributed by atoms with E-state index in [0.717, 1.165) is 18.8 Å². The van der Waals surface area contributed by atoms with Crippen molar-refractivity contribution in [3.05, 3.63) is 29.3 Å². The average molecular weight is 238 g/mol. The lowest BCUT2D eigenvalue weighted by Gasteiger charge is -2.18. The van der Waals surface area contributed by atoms with E-state index < -0.39 is 0 Å². The van der Waals surface area contributed by atoms with Crippen LogP contribution in [0.15, 0.2) is 18.2 Å². The Morgan fingerprint density at radius 1 is 0.941 bits per heavy atom. The zero-order chi connectivity index (χ0) is 13.7. The fourth-order valence-electron chi connectivity index (χ4n) is 1.56. The molecular weight excluding hydrogens is 208 g/mol. The van der Waals surface area contributed by atoms with E-state index in [9.17, 15) is 0 Å². The van der Waals surface area contributed by atoms with Crippen LogP contribution in [0.5, 0.6) is 5.75 Å². The summed E-state index contributed by atoms with van der Waals surface area (Å²) in [7, 11) is 0. The van der Waals surface area contributed by atoms with Crippen molar-refractivity contribution in [2.75, 3.05) is 6.61 Å². The van der Waals surface area contributed by atoms with Crippen LogP contribution in [0.1, 0.15) is 59.1 Å². The van der Waals surface area contributed by atoms with Crippen molar-refractivity contribution in [3.63, 3.8) is 0 Å². The fraction of sp³-hybridized carbons (Fsp3) is 0.625. The molecule has 17 heavy (non-hydrogen) atoms. The van der Waals surface area contributed by atoms with E-state index in [-0.39, 0.29) is 0 Å². The van der Waals surface area contributed by atoms with Gasteiger partial charge >= 0.3 is 0 Å². The Hall–Kier alpha value is -0.980. The number of benzene rings is 1. The molecule has 0 N–H and O–H groups in total. The molecule has 1 aromatic carbocycles. The Labute approximate surface area is 108 Å². The minimum Gasteiger partial charge on any atom is -0.493 e. The minimum atomic E-state index is 0.885. The Morgan fingerprint density at radius 3 is 2.06 bits per heavy atom. The van der Waals surface area contributed by atoms with E-state index in [1.54, 1.807) is 0 Å². The molecule has 1 heterocycles. The summed E-state index contributed by atoms with van der Waals surface area (Å²) in [6.45, 7) is 15.0. The molecule has 1 nitrogen and oxygen atoms in total. The number of hydrogen-bond acceptors (Lipinski definition) is 1. The van der Waals surface area contributed by atoms with Crippen LogP contribution in [-0.2, 0) is 6.42 Å². The van der Waals surface area contributed by atoms with Gasteiger partial charge in [-0.2, -0.15) is 0 Å². The summed E-state index contributed by atoms with van der Waals surface area (Å²) in [5.74, 6) is 1.09. The summed E-state index contributed by atoms with van der Waals surface area (Å²) in [6.07, 6.45) is 2.35. The molecule has 1 aliphatic heterocycles. The zero-order valence-corrected chi connectivity index (χ0v) is 12.8. The van der Waals surface area contributed by atoms with Gasteiger partial charge in [0.05, 0.1) is 6.61 Å². The van der Waals surface area contributed by atoms with Crippen molar-refractivity contribution in [2.45, 2.75) is 61.3 Å². The van der Waals surface area contributed by atoms with Gasteiger partial charge < -0.3 is 4.74 Å². The van der Waals surface area contributed by atoms with Gasteiger partial charge in [0.15, 0.2) is 0 Å². The highest BCUT2D eigenvalue weighted by Crippen LogP contribution is 2.26. The van der Waals surface area contributed by atoms with E-state index in [1.807, 2.05) is 41.5 Å². The van der Waals surface area contributed by atoms with Gasteiger partial charge in [-0.3, -0.25) is 0 Å². The maximum absolute atomic E-state index is 5.50. The van der Waals surface area contributed by atoms with Crippen molar-refractivity contribution >= 4 is 0 Å². The van der Waals surface area contributed by atoms with E-state index in [4.69, 9.17) is 4.74 Å². The molecule has 0 spiro atoms. The van der Waals surface area contributed by atoms with Gasteiger partial charge in [0.1, 0.15) is 5.75 Å². The molecule has 0 aromatic heterocycles. The number of ether oxygens (including phenoxy) is 1. The predicted molar refractivity (Wildman–Crippen MR) is 79.0 cm³/mol. The van der Waals surface area contributed by atoms with Crippen LogP contribution in [0.25, 0.3) is 0 Å². The van der Waals surface area contributed by atoms with Gasteiger partial charge in [0.2, 0.25) is 0 Å². The third kappa shape index (κ3) is 6.35. The Balaban J connectivity index is 0. The van der Waals surface area contributed by atoms with E-state index in [0.29, 0.717) is 0 Å². The summed E-state index contributed by atoms with van der Waals surface area (Å²) < 4.78 is 5.50. The standard InChI is InChI=1S/C10H12O.3C2H6/c1-8-4-2-6-10-9(8)5-3-7-11-10;3*1-2/h2,4,6H,3,5,7H2,1H3;3*1-2H3. The van der Waals surface area contributed by atoms with E-state index >= 15 is 0 Å². The lowest BCUT2D eigenvalue weighted by Crippen LogP contribution is -2.09. The van der Waals surface area contributed by atoms with E-state index in [2.05, 4.69) is 25.1 Å². The molecule has 1 aromatic rings. The first-order valence-electron chi connectivity index (χ1n) is 7.09. The first-order valence-corrected chi connectivity index (χ1v) is 7.09. The third-order valence-electron chi connectivity index (χ3n) is 2.20. The Kier molecular flexibility index (Phi) is 14.2. The summed E-state index contributed by atoms with van der Waals surface area (Å²) in [5.41, 5.74) is 2.76. The molecule has 0 radical (unpaired) electrons. The quantitative estimate of drug-likeness (QED) is 0.588. The van der Waals surface area contributed by atoms with Crippen LogP contribution in [-0.4, -0.2) is 6.61 Å². The first-order chi connectivity index (χ1) is 8.38. The maximum Gasteiger partial charge on any atom is 0.122 e. The van der Waals surface area contributed by atoms with Crippen molar-refractivity contribution < 1.29 is 4.74 Å². The van der Waals surface area contributed by atoms with Crippen molar-refractivity contribution in [1.82, 2.24) is 0 Å². The molecule has 0 unspecified atom stereocenters. The van der Waals surface area contributed by atoms with Crippen LogP contribution in [0, 0.1) is 6.92 Å². The summed E-state index contributed by atoms with van der Waals surface area (Å²) >= 11 is 0. The zero-order valence-electron chi connectivity index (χ0n) is 12.8. The molecule has 0 amide bonds. The number of fused-ring (bicyclic) bond motifs is 1. The lowest BCUT2D eigenvalue weighted by molar-refractivity contribution is 0.288. The van der Waals surface area contributed by atoms with Crippen molar-refractivity contribution in [2.24, 2.45) is 0 Å². The Bertz CT molecular complexity index is 266. The largest absolute Gasteiger partial charge is 0.493 e. The molecule has 0 fully saturated rings. The van der Waals surface area contributed by atoms with Crippen LogP contribution < -0.4 is 4.74 Å². The average Bonchev–Trinajstić information content (AvgIpc) is 2.46. The minimum absolute atomic E-state index is 0.885. The number of aryl methyl sites for hydroxylation is 1. The fourth-order valence-corrected chi connectivity index (χ4v) is 1.56. The SMILES string of the molecule is CC.CC.CC.Cc1cccc2c1CCCO2. The molecule has 0 bridgehead atoms. The maximum atomic E-state index is 5.50. The highest BCUT2D eigenvalue weighted by Gasteiger charge is 2.10. The molecular formula is C16H30O. The number of rotatable bonds is 0. The van der Waals surface area contributed by atoms with Gasteiger partial charge in [-0.1, -0.05) is 53.7 Å². The summed E-state index contributed by atoms with van der Waals surface area (Å²) in [5, 5.41) is 0. The number of hydrogen-bond donors (Lipinski definition) is 0. The topological polar surface area (TPSA) is 9.23 Å². The summed E-state index contributed by atoms with van der Waals surface area (Å²) in [6, 6.07) is 6.26. The highest BCUT2D eigenvalue weighted by atomic mass is 16.5. The molecule has 2 rings (SSSR count). The molecule has 1 heteroatoms. The van der Waals surface area contributed by atoms with Gasteiger partial charge in [-0.15, -0.1) is 0 Å². The Morgan fingerprint density at radius 2 is 1.53 bits per heavy atom. The monoisotopic (exact) mass is 238 g/mol. The van der Waals surface area contributed by atoms with Crippen LogP contribution >= 0.6 is 0 Å². The van der Waals surface area contributed by atoms with Crippen molar-refractivity contribution in [1.29, 1.82) is 0 Å². The first kappa shape index (κ1) is 18.4. The molecule has 100 valence electrons. The predicted octanol–water partition coefficient (Wildman–Crippen LogP) is 5.40. The van der Waals surface area contributed by atoms with Gasteiger partial charge in [-0.25, -0.2) is 0 Å². The third-order valence-corrected chi connectivity index (χ3v) is 2.20. The second-order valence-corrected chi connectivity index (χ2v) is 3.00. The molecule has 0 saturated heterocycles. The molecule has 0 atom stereocenters. The molecule has 0 aliphatic carbocycles. The second-order valence-electron chi connectivity index (χ2n) is 3.00. The smallest absolute Gasteiger partial charge is 0.122 e. The normalized spacial score (nSPS) is 11.0. The van der Waals surface area contributed by atoms with Crippen LogP contribution in [0.3, 0.4) is 0 Å². The van der Waals surface area contributed by atoms with Crippen LogP contribution in [0.2, 0.25) is 0 Å². The highest BCUT2D eigenvalue weighted by molar-refractivity contribution is 5.40. The van der Waals surface area contributed by atoms with Gasteiger partial charge in [-0.05, 0) is 37.0 Å². The van der Waals surface area contributed by atoms with Gasteiger partial charge in [0, 0.05) is 0 Å². The van der Waals surface area contributed by atoms with Gasteiger partial charge in [0.25, 0.3) is 0 Å². The lowest BCUT2D eigenvalue weighted by atomic mass is 10.0. The van der Waals surface area contributed by atoms with Crippen molar-refractivity contribution in [3.8, 4) is 5.75 Å². The molecule has 0 saturated carbocycles.